The Balaban J connectivity index is 1.65. The molecule has 0 atom stereocenters. The van der Waals surface area contributed by atoms with Gasteiger partial charge in [-0.2, -0.15) is 0 Å². The summed E-state index contributed by atoms with van der Waals surface area (Å²) >= 11 is 3.16. The van der Waals surface area contributed by atoms with E-state index in [0.717, 1.165) is 29.5 Å². The number of rotatable bonds is 6. The Morgan fingerprint density at radius 3 is 3.20 bits per heavy atom. The highest BCUT2D eigenvalue weighted by Gasteiger charge is 2.10. The molecule has 0 fully saturated rings. The maximum Gasteiger partial charge on any atom is 0.209 e. The van der Waals surface area contributed by atoms with Gasteiger partial charge in [-0.05, 0) is 28.3 Å². The minimum Gasteiger partial charge on any atom is -0.257 e. The molecular weight excluding hydrogens is 294 g/mol. The van der Waals surface area contributed by atoms with Gasteiger partial charge in [-0.15, -0.1) is 21.5 Å². The van der Waals surface area contributed by atoms with E-state index < -0.39 is 0 Å². The van der Waals surface area contributed by atoms with E-state index >= 15 is 0 Å². The lowest BCUT2D eigenvalue weighted by Gasteiger charge is -2.00. The van der Waals surface area contributed by atoms with Crippen molar-refractivity contribution < 1.29 is 0 Å². The van der Waals surface area contributed by atoms with Gasteiger partial charge in [-0.25, -0.2) is 9.67 Å². The van der Waals surface area contributed by atoms with Crippen LogP contribution >= 0.6 is 23.1 Å². The molecule has 1 N–H and O–H groups in total. The maximum absolute atomic E-state index is 4.46. The van der Waals surface area contributed by atoms with Gasteiger partial charge < -0.3 is 0 Å². The molecule has 9 heteroatoms. The molecule has 3 aromatic heterocycles. The van der Waals surface area contributed by atoms with Crippen LogP contribution in [0.2, 0.25) is 0 Å². The Bertz CT molecular complexity index is 658. The fourth-order valence-corrected chi connectivity index (χ4v) is 3.07. The molecule has 0 saturated carbocycles. The minimum absolute atomic E-state index is 0.661. The number of nitrogens with one attached hydrogen (secondary N) is 1. The van der Waals surface area contributed by atoms with E-state index in [4.69, 9.17) is 0 Å². The topological polar surface area (TPSA) is 85.2 Å². The SMILES string of the molecule is CCCn1nnnc1CSc1n[nH]c(-c2cccs2)n1. The zero-order valence-corrected chi connectivity index (χ0v) is 12.5. The molecule has 3 heterocycles. The summed E-state index contributed by atoms with van der Waals surface area (Å²) in [6, 6.07) is 4.01. The lowest BCUT2D eigenvalue weighted by molar-refractivity contribution is 0.564. The largest absolute Gasteiger partial charge is 0.257 e. The van der Waals surface area contributed by atoms with Crippen LogP contribution in [-0.2, 0) is 12.3 Å². The summed E-state index contributed by atoms with van der Waals surface area (Å²) in [7, 11) is 0. The average molecular weight is 307 g/mol. The van der Waals surface area contributed by atoms with E-state index in [1.54, 1.807) is 11.3 Å². The molecule has 104 valence electrons. The first-order chi connectivity index (χ1) is 9.86. The summed E-state index contributed by atoms with van der Waals surface area (Å²) < 4.78 is 1.82. The third-order valence-electron chi connectivity index (χ3n) is 2.59. The average Bonchev–Trinajstić information content (AvgIpc) is 3.18. The second-order valence-corrected chi connectivity index (χ2v) is 5.94. The Morgan fingerprint density at radius 2 is 2.40 bits per heavy atom. The monoisotopic (exact) mass is 307 g/mol. The number of aromatic nitrogens is 7. The number of H-pyrrole nitrogens is 1. The van der Waals surface area contributed by atoms with Gasteiger partial charge in [-0.1, -0.05) is 24.8 Å². The summed E-state index contributed by atoms with van der Waals surface area (Å²) in [5, 5.41) is 21.6. The number of tetrazole rings is 1. The highest BCUT2D eigenvalue weighted by molar-refractivity contribution is 7.98. The fourth-order valence-electron chi connectivity index (χ4n) is 1.68. The standard InChI is InChI=1S/C11H13N7S2/c1-2-5-18-9(13-16-17-18)7-20-11-12-10(14-15-11)8-4-3-6-19-8/h3-4,6H,2,5,7H2,1H3,(H,12,14,15). The second kappa shape index (κ2) is 6.14. The molecule has 0 unspecified atom stereocenters. The van der Waals surface area contributed by atoms with E-state index in [2.05, 4.69) is 37.6 Å². The summed E-state index contributed by atoms with van der Waals surface area (Å²) in [5.41, 5.74) is 0. The number of thioether (sulfide) groups is 1. The van der Waals surface area contributed by atoms with Crippen LogP contribution in [-0.4, -0.2) is 35.4 Å². The molecule has 3 rings (SSSR count). The second-order valence-electron chi connectivity index (χ2n) is 4.05. The Morgan fingerprint density at radius 1 is 1.45 bits per heavy atom. The quantitative estimate of drug-likeness (QED) is 0.703. The lowest BCUT2D eigenvalue weighted by Crippen LogP contribution is -2.04. The number of aryl methyl sites for hydroxylation is 1. The molecule has 0 saturated heterocycles. The van der Waals surface area contributed by atoms with Crippen LogP contribution in [0.15, 0.2) is 22.7 Å². The lowest BCUT2D eigenvalue weighted by atomic mass is 10.4. The van der Waals surface area contributed by atoms with E-state index in [9.17, 15) is 0 Å². The van der Waals surface area contributed by atoms with Crippen LogP contribution < -0.4 is 0 Å². The predicted molar refractivity (Wildman–Crippen MR) is 77.4 cm³/mol. The molecule has 0 aliphatic carbocycles. The van der Waals surface area contributed by atoms with Gasteiger partial charge in [-0.3, -0.25) is 5.10 Å². The molecule has 0 amide bonds. The highest BCUT2D eigenvalue weighted by atomic mass is 32.2. The van der Waals surface area contributed by atoms with Crippen molar-refractivity contribution in [2.24, 2.45) is 0 Å². The summed E-state index contributed by atoms with van der Waals surface area (Å²) in [5.74, 6) is 2.31. The van der Waals surface area contributed by atoms with Crippen molar-refractivity contribution >= 4 is 23.1 Å². The van der Waals surface area contributed by atoms with Crippen molar-refractivity contribution in [1.29, 1.82) is 0 Å². The summed E-state index contributed by atoms with van der Waals surface area (Å²) in [6.07, 6.45) is 1.01. The van der Waals surface area contributed by atoms with Gasteiger partial charge in [0.25, 0.3) is 0 Å². The summed E-state index contributed by atoms with van der Waals surface area (Å²) in [4.78, 5) is 5.54. The zero-order valence-electron chi connectivity index (χ0n) is 10.9. The van der Waals surface area contributed by atoms with Crippen molar-refractivity contribution in [3.05, 3.63) is 23.3 Å². The number of hydrogen-bond acceptors (Lipinski definition) is 7. The van der Waals surface area contributed by atoms with Gasteiger partial charge in [0.2, 0.25) is 5.16 Å². The van der Waals surface area contributed by atoms with Crippen molar-refractivity contribution in [3.8, 4) is 10.7 Å². The molecular formula is C11H13N7S2. The van der Waals surface area contributed by atoms with Crippen LogP contribution in [0.1, 0.15) is 19.2 Å². The van der Waals surface area contributed by atoms with Crippen molar-refractivity contribution in [2.45, 2.75) is 30.8 Å². The smallest absolute Gasteiger partial charge is 0.209 e. The molecule has 20 heavy (non-hydrogen) atoms. The van der Waals surface area contributed by atoms with Crippen molar-refractivity contribution in [3.63, 3.8) is 0 Å². The molecule has 0 bridgehead atoms. The van der Waals surface area contributed by atoms with Crippen LogP contribution in [0.5, 0.6) is 0 Å². The Labute approximate surface area is 123 Å². The van der Waals surface area contributed by atoms with Gasteiger partial charge >= 0.3 is 0 Å². The van der Waals surface area contributed by atoms with Gasteiger partial charge in [0.1, 0.15) is 0 Å². The van der Waals surface area contributed by atoms with Crippen LogP contribution in [0, 0.1) is 0 Å². The molecule has 3 aromatic rings. The van der Waals surface area contributed by atoms with Crippen LogP contribution in [0.4, 0.5) is 0 Å². The third-order valence-corrected chi connectivity index (χ3v) is 4.31. The first kappa shape index (κ1) is 13.3. The van der Waals surface area contributed by atoms with E-state index in [0.29, 0.717) is 10.9 Å². The molecule has 7 nitrogen and oxygen atoms in total. The Hall–Kier alpha value is -1.74. The number of nitrogens with zero attached hydrogens (tertiary/aromatic N) is 6. The zero-order chi connectivity index (χ0) is 13.8. The van der Waals surface area contributed by atoms with Crippen LogP contribution in [0.25, 0.3) is 10.7 Å². The first-order valence-corrected chi connectivity index (χ1v) is 8.07. The fraction of sp³-hybridized carbons (Fsp3) is 0.364. The molecule has 0 aliphatic heterocycles. The van der Waals surface area contributed by atoms with Gasteiger partial charge in [0.05, 0.1) is 10.6 Å². The van der Waals surface area contributed by atoms with Gasteiger partial charge in [0, 0.05) is 6.54 Å². The van der Waals surface area contributed by atoms with Crippen LogP contribution in [0.3, 0.4) is 0 Å². The van der Waals surface area contributed by atoms with E-state index in [1.165, 1.54) is 11.8 Å². The normalized spacial score (nSPS) is 11.1. The minimum atomic E-state index is 0.661. The highest BCUT2D eigenvalue weighted by Crippen LogP contribution is 2.24. The number of aromatic amines is 1. The first-order valence-electron chi connectivity index (χ1n) is 6.21. The Kier molecular flexibility index (Phi) is 4.07. The number of thiophene rings is 1. The third kappa shape index (κ3) is 2.88. The van der Waals surface area contributed by atoms with E-state index in [1.807, 2.05) is 22.2 Å². The number of hydrogen-bond donors (Lipinski definition) is 1. The molecule has 0 radical (unpaired) electrons. The summed E-state index contributed by atoms with van der Waals surface area (Å²) in [6.45, 7) is 2.93. The molecule has 0 aliphatic rings. The van der Waals surface area contributed by atoms with Crippen molar-refractivity contribution in [2.75, 3.05) is 0 Å². The predicted octanol–water partition coefficient (Wildman–Crippen LogP) is 2.22. The maximum atomic E-state index is 4.46. The van der Waals surface area contributed by atoms with Gasteiger partial charge in [0.15, 0.2) is 11.6 Å². The van der Waals surface area contributed by atoms with E-state index in [-0.39, 0.29) is 0 Å². The molecule has 0 aromatic carbocycles. The molecule has 0 spiro atoms. The van der Waals surface area contributed by atoms with Crippen molar-refractivity contribution in [1.82, 2.24) is 35.4 Å².